The number of halogens is 1. The molecule has 1 aromatic heterocycles. The van der Waals surface area contributed by atoms with Crippen LogP contribution in [0.2, 0.25) is 5.02 Å². The molecule has 0 aliphatic carbocycles. The summed E-state index contributed by atoms with van der Waals surface area (Å²) in [5, 5.41) is 4.69. The number of ether oxygens (including phenoxy) is 2. The van der Waals surface area contributed by atoms with E-state index in [2.05, 4.69) is 10.2 Å². The van der Waals surface area contributed by atoms with Gasteiger partial charge in [-0.3, -0.25) is 4.79 Å². The third kappa shape index (κ3) is 3.90. The lowest BCUT2D eigenvalue weighted by Crippen LogP contribution is -2.36. The maximum Gasteiger partial charge on any atom is 0.231 e. The normalized spacial score (nSPS) is 18.9. The smallest absolute Gasteiger partial charge is 0.231 e. The molecule has 1 atom stereocenters. The molecule has 0 bridgehead atoms. The van der Waals surface area contributed by atoms with Crippen LogP contribution >= 0.6 is 22.9 Å². The summed E-state index contributed by atoms with van der Waals surface area (Å²) in [4.78, 5) is 19.8. The van der Waals surface area contributed by atoms with Crippen molar-refractivity contribution in [3.8, 4) is 5.75 Å². The maximum atomic E-state index is 12.8. The fourth-order valence-corrected chi connectivity index (χ4v) is 4.91. The number of carbonyl (C=O) groups is 1. The highest BCUT2D eigenvalue weighted by Gasteiger charge is 2.26. The number of amides is 1. The van der Waals surface area contributed by atoms with E-state index >= 15 is 0 Å². The molecule has 5 rings (SSSR count). The minimum absolute atomic E-state index is 0.0482. The van der Waals surface area contributed by atoms with Crippen LogP contribution in [0.15, 0.2) is 36.4 Å². The van der Waals surface area contributed by atoms with Crippen molar-refractivity contribution in [3.63, 3.8) is 0 Å². The fourth-order valence-electron chi connectivity index (χ4n) is 3.66. The molecule has 2 aliphatic rings. The molecular weight excluding hydrogens is 410 g/mol. The fraction of sp³-hybridized carbons (Fsp3) is 0.333. The summed E-state index contributed by atoms with van der Waals surface area (Å²) in [6, 6.07) is 11.4. The highest BCUT2D eigenvalue weighted by molar-refractivity contribution is 7.22. The van der Waals surface area contributed by atoms with Crippen molar-refractivity contribution < 1.29 is 14.3 Å². The van der Waals surface area contributed by atoms with Crippen molar-refractivity contribution in [2.24, 2.45) is 5.92 Å². The van der Waals surface area contributed by atoms with E-state index in [1.807, 2.05) is 30.3 Å². The lowest BCUT2D eigenvalue weighted by atomic mass is 9.96. The summed E-state index contributed by atoms with van der Waals surface area (Å²) in [6.07, 6.45) is 0.617. The van der Waals surface area contributed by atoms with E-state index in [0.717, 1.165) is 58.7 Å². The Morgan fingerprint density at radius 1 is 1.21 bits per heavy atom. The highest BCUT2D eigenvalue weighted by atomic mass is 35.5. The molecule has 29 heavy (non-hydrogen) atoms. The number of aromatic nitrogens is 1. The summed E-state index contributed by atoms with van der Waals surface area (Å²) in [6.45, 7) is 3.54. The van der Waals surface area contributed by atoms with Gasteiger partial charge in [-0.05, 0) is 48.4 Å². The first-order valence-corrected chi connectivity index (χ1v) is 10.8. The number of fused-ring (bicyclic) bond motifs is 2. The molecule has 2 aromatic carbocycles. The van der Waals surface area contributed by atoms with Crippen molar-refractivity contribution in [2.75, 3.05) is 43.1 Å². The lowest BCUT2D eigenvalue weighted by molar-refractivity contribution is -0.121. The van der Waals surface area contributed by atoms with Gasteiger partial charge in [-0.2, -0.15) is 0 Å². The van der Waals surface area contributed by atoms with Gasteiger partial charge in [0.2, 0.25) is 5.91 Å². The second kappa shape index (κ2) is 7.82. The predicted molar refractivity (Wildman–Crippen MR) is 115 cm³/mol. The van der Waals surface area contributed by atoms with E-state index in [4.69, 9.17) is 26.1 Å². The molecule has 0 radical (unpaired) electrons. The number of carbonyl (C=O) groups excluding carboxylic acids is 1. The largest absolute Gasteiger partial charge is 0.492 e. The Bertz CT molecular complexity index is 1060. The van der Waals surface area contributed by atoms with Crippen molar-refractivity contribution in [1.29, 1.82) is 0 Å². The molecule has 3 heterocycles. The monoisotopic (exact) mass is 429 g/mol. The van der Waals surface area contributed by atoms with E-state index in [9.17, 15) is 4.79 Å². The Labute approximate surface area is 177 Å². The van der Waals surface area contributed by atoms with Crippen molar-refractivity contribution in [3.05, 3.63) is 47.0 Å². The molecule has 0 unspecified atom stereocenters. The second-order valence-electron chi connectivity index (χ2n) is 7.23. The standard InChI is InChI=1S/C21H20ClN3O3S/c22-15-1-4-18-13(10-15)9-14(12-28-18)20(26)23-16-2-3-17-19(11-16)29-21(24-17)25-5-7-27-8-6-25/h1-4,10-11,14H,5-9,12H2,(H,23,26)/t14-/m0/s1. The number of rotatable bonds is 3. The van der Waals surface area contributed by atoms with Crippen LogP contribution < -0.4 is 15.0 Å². The van der Waals surface area contributed by atoms with Gasteiger partial charge in [0.25, 0.3) is 0 Å². The number of nitrogens with zero attached hydrogens (tertiary/aromatic N) is 2. The maximum absolute atomic E-state index is 12.8. The van der Waals surface area contributed by atoms with Gasteiger partial charge in [0, 0.05) is 23.8 Å². The third-order valence-electron chi connectivity index (χ3n) is 5.23. The molecule has 6 nitrogen and oxygen atoms in total. The molecule has 150 valence electrons. The van der Waals surface area contributed by atoms with Gasteiger partial charge >= 0.3 is 0 Å². The van der Waals surface area contributed by atoms with Crippen molar-refractivity contribution >= 4 is 49.9 Å². The number of hydrogen-bond acceptors (Lipinski definition) is 6. The topological polar surface area (TPSA) is 63.7 Å². The first-order chi connectivity index (χ1) is 14.2. The molecule has 0 saturated carbocycles. The van der Waals surface area contributed by atoms with Gasteiger partial charge in [0.15, 0.2) is 5.13 Å². The summed E-state index contributed by atoms with van der Waals surface area (Å²) < 4.78 is 12.2. The van der Waals surface area contributed by atoms with Crippen LogP contribution in [0.25, 0.3) is 10.2 Å². The number of nitrogens with one attached hydrogen (secondary N) is 1. The van der Waals surface area contributed by atoms with E-state index in [0.29, 0.717) is 18.1 Å². The molecule has 2 aliphatic heterocycles. The average Bonchev–Trinajstić information content (AvgIpc) is 3.17. The van der Waals surface area contributed by atoms with Gasteiger partial charge in [-0.1, -0.05) is 22.9 Å². The minimum atomic E-state index is -0.248. The van der Waals surface area contributed by atoms with Crippen LogP contribution in [0.3, 0.4) is 0 Å². The van der Waals surface area contributed by atoms with Gasteiger partial charge in [-0.25, -0.2) is 4.98 Å². The number of anilines is 2. The van der Waals surface area contributed by atoms with E-state index in [-0.39, 0.29) is 11.8 Å². The van der Waals surface area contributed by atoms with Gasteiger partial charge in [0.05, 0.1) is 29.3 Å². The molecule has 1 N–H and O–H groups in total. The van der Waals surface area contributed by atoms with Crippen LogP contribution in [-0.4, -0.2) is 43.8 Å². The highest BCUT2D eigenvalue weighted by Crippen LogP contribution is 2.33. The van der Waals surface area contributed by atoms with Crippen molar-refractivity contribution in [2.45, 2.75) is 6.42 Å². The zero-order chi connectivity index (χ0) is 19.8. The quantitative estimate of drug-likeness (QED) is 0.682. The molecule has 1 fully saturated rings. The third-order valence-corrected chi connectivity index (χ3v) is 6.54. The Morgan fingerprint density at radius 2 is 2.07 bits per heavy atom. The van der Waals surface area contributed by atoms with E-state index in [1.54, 1.807) is 17.4 Å². The molecule has 1 saturated heterocycles. The van der Waals surface area contributed by atoms with Crippen LogP contribution in [0.4, 0.5) is 10.8 Å². The van der Waals surface area contributed by atoms with Crippen LogP contribution in [0, 0.1) is 5.92 Å². The zero-order valence-corrected chi connectivity index (χ0v) is 17.3. The Balaban J connectivity index is 1.30. The Hall–Kier alpha value is -2.35. The molecule has 3 aromatic rings. The number of morpholine rings is 1. The average molecular weight is 430 g/mol. The summed E-state index contributed by atoms with van der Waals surface area (Å²) in [7, 11) is 0. The van der Waals surface area contributed by atoms with Gasteiger partial charge in [0.1, 0.15) is 12.4 Å². The minimum Gasteiger partial charge on any atom is -0.492 e. The van der Waals surface area contributed by atoms with Crippen molar-refractivity contribution in [1.82, 2.24) is 4.98 Å². The first kappa shape index (κ1) is 18.7. The van der Waals surface area contributed by atoms with E-state index in [1.165, 1.54) is 0 Å². The molecule has 0 spiro atoms. The summed E-state index contributed by atoms with van der Waals surface area (Å²) >= 11 is 7.72. The first-order valence-electron chi connectivity index (χ1n) is 9.61. The van der Waals surface area contributed by atoms with Gasteiger partial charge < -0.3 is 19.7 Å². The Morgan fingerprint density at radius 3 is 2.93 bits per heavy atom. The van der Waals surface area contributed by atoms with Crippen LogP contribution in [0.1, 0.15) is 5.56 Å². The zero-order valence-electron chi connectivity index (χ0n) is 15.7. The number of thiazole rings is 1. The van der Waals surface area contributed by atoms with Gasteiger partial charge in [-0.15, -0.1) is 0 Å². The summed E-state index contributed by atoms with van der Waals surface area (Å²) in [5.74, 6) is 0.509. The Kier molecular flexibility index (Phi) is 5.03. The number of hydrogen-bond donors (Lipinski definition) is 1. The molecule has 8 heteroatoms. The van der Waals surface area contributed by atoms with Crippen LogP contribution in [0.5, 0.6) is 5.75 Å². The number of benzene rings is 2. The van der Waals surface area contributed by atoms with Crippen LogP contribution in [-0.2, 0) is 16.0 Å². The second-order valence-corrected chi connectivity index (χ2v) is 8.68. The molecular formula is C21H20ClN3O3S. The van der Waals surface area contributed by atoms with E-state index < -0.39 is 0 Å². The summed E-state index contributed by atoms with van der Waals surface area (Å²) in [5.41, 5.74) is 2.69. The SMILES string of the molecule is O=C(Nc1ccc2nc(N3CCOCC3)sc2c1)[C@@H]1COc2ccc(Cl)cc2C1. The molecule has 1 amide bonds. The predicted octanol–water partition coefficient (Wildman–Crippen LogP) is 3.98. The lowest BCUT2D eigenvalue weighted by Gasteiger charge is -2.25.